The average molecular weight is 400 g/mol. The highest BCUT2D eigenvalue weighted by Gasteiger charge is 2.07. The third kappa shape index (κ3) is 7.37. The molecule has 0 spiro atoms. The molecule has 0 aliphatic rings. The van der Waals surface area contributed by atoms with E-state index in [-0.39, 0.29) is 12.5 Å². The zero-order valence-corrected chi connectivity index (χ0v) is 17.3. The van der Waals surface area contributed by atoms with Crippen LogP contribution in [-0.4, -0.2) is 39.6 Å². The Morgan fingerprint density at radius 2 is 1.69 bits per heavy atom. The minimum Gasteiger partial charge on any atom is -0.493 e. The van der Waals surface area contributed by atoms with Gasteiger partial charge < -0.3 is 18.9 Å². The highest BCUT2D eigenvalue weighted by atomic mass is 16.5. The van der Waals surface area contributed by atoms with E-state index in [9.17, 15) is 4.79 Å². The van der Waals surface area contributed by atoms with Gasteiger partial charge >= 0.3 is 0 Å². The number of nitrogens with zero attached hydrogens (tertiary/aromatic N) is 1. The lowest BCUT2D eigenvalue weighted by molar-refractivity contribution is -0.123. The standard InChI is InChI=1S/C22H28N2O5/c1-16(2)11-12-28-20-10-9-17(13-21(20)27-4)14-23-24-22(25)15-29-19-8-6-5-7-18(19)26-3/h5-10,13-14,16H,11-12,15H2,1-4H3,(H,24,25)/b23-14-. The van der Waals surface area contributed by atoms with Crippen molar-refractivity contribution >= 4 is 12.1 Å². The summed E-state index contributed by atoms with van der Waals surface area (Å²) in [6.07, 6.45) is 2.50. The summed E-state index contributed by atoms with van der Waals surface area (Å²) in [6, 6.07) is 12.6. The molecule has 1 amide bonds. The van der Waals surface area contributed by atoms with Crippen LogP contribution in [0.4, 0.5) is 0 Å². The van der Waals surface area contributed by atoms with Gasteiger partial charge in [-0.2, -0.15) is 5.10 Å². The smallest absolute Gasteiger partial charge is 0.277 e. The van der Waals surface area contributed by atoms with Crippen molar-refractivity contribution in [2.45, 2.75) is 20.3 Å². The number of para-hydroxylation sites is 2. The molecule has 0 fully saturated rings. The van der Waals surface area contributed by atoms with Crippen molar-refractivity contribution in [3.8, 4) is 23.0 Å². The number of methoxy groups -OCH3 is 2. The largest absolute Gasteiger partial charge is 0.493 e. The van der Waals surface area contributed by atoms with Crippen LogP contribution >= 0.6 is 0 Å². The molecule has 0 saturated heterocycles. The number of hydrogen-bond acceptors (Lipinski definition) is 6. The van der Waals surface area contributed by atoms with E-state index in [2.05, 4.69) is 24.4 Å². The molecule has 0 bridgehead atoms. The molecule has 7 heteroatoms. The number of nitrogens with one attached hydrogen (secondary N) is 1. The molecule has 0 heterocycles. The van der Waals surface area contributed by atoms with E-state index in [4.69, 9.17) is 18.9 Å². The first-order chi connectivity index (χ1) is 14.0. The van der Waals surface area contributed by atoms with Gasteiger partial charge in [0.1, 0.15) is 0 Å². The summed E-state index contributed by atoms with van der Waals surface area (Å²) in [4.78, 5) is 11.9. The van der Waals surface area contributed by atoms with Gasteiger partial charge in [-0.25, -0.2) is 5.43 Å². The predicted molar refractivity (Wildman–Crippen MR) is 112 cm³/mol. The monoisotopic (exact) mass is 400 g/mol. The van der Waals surface area contributed by atoms with Crippen molar-refractivity contribution in [3.63, 3.8) is 0 Å². The summed E-state index contributed by atoms with van der Waals surface area (Å²) >= 11 is 0. The third-order valence-electron chi connectivity index (χ3n) is 3.97. The Kier molecular flexibility index (Phi) is 8.82. The first kappa shape index (κ1) is 22.1. The van der Waals surface area contributed by atoms with E-state index in [1.165, 1.54) is 6.21 Å². The maximum Gasteiger partial charge on any atom is 0.277 e. The zero-order chi connectivity index (χ0) is 21.1. The summed E-state index contributed by atoms with van der Waals surface area (Å²) in [7, 11) is 3.13. The first-order valence-corrected chi connectivity index (χ1v) is 9.42. The average Bonchev–Trinajstić information content (AvgIpc) is 2.72. The molecule has 0 atom stereocenters. The second kappa shape index (κ2) is 11.6. The highest BCUT2D eigenvalue weighted by Crippen LogP contribution is 2.28. The van der Waals surface area contributed by atoms with Crippen molar-refractivity contribution in [1.82, 2.24) is 5.43 Å². The fourth-order valence-corrected chi connectivity index (χ4v) is 2.38. The van der Waals surface area contributed by atoms with Crippen molar-refractivity contribution in [1.29, 1.82) is 0 Å². The van der Waals surface area contributed by atoms with Crippen LogP contribution in [0.2, 0.25) is 0 Å². The Hall–Kier alpha value is -3.22. The molecule has 0 aromatic heterocycles. The van der Waals surface area contributed by atoms with Crippen LogP contribution < -0.4 is 24.4 Å². The van der Waals surface area contributed by atoms with Crippen molar-refractivity contribution in [2.75, 3.05) is 27.4 Å². The number of hydrazone groups is 1. The van der Waals surface area contributed by atoms with Gasteiger partial charge in [-0.3, -0.25) is 4.79 Å². The van der Waals surface area contributed by atoms with Crippen LogP contribution in [0.5, 0.6) is 23.0 Å². The number of rotatable bonds is 11. The van der Waals surface area contributed by atoms with Crippen LogP contribution in [-0.2, 0) is 4.79 Å². The Balaban J connectivity index is 1.86. The van der Waals surface area contributed by atoms with Crippen LogP contribution in [0.1, 0.15) is 25.8 Å². The zero-order valence-electron chi connectivity index (χ0n) is 17.3. The van der Waals surface area contributed by atoms with Crippen LogP contribution in [0, 0.1) is 5.92 Å². The fourth-order valence-electron chi connectivity index (χ4n) is 2.38. The lowest BCUT2D eigenvalue weighted by Gasteiger charge is -2.12. The lowest BCUT2D eigenvalue weighted by atomic mass is 10.1. The third-order valence-corrected chi connectivity index (χ3v) is 3.97. The van der Waals surface area contributed by atoms with Gasteiger partial charge in [-0.1, -0.05) is 26.0 Å². The topological polar surface area (TPSA) is 78.4 Å². The number of ether oxygens (including phenoxy) is 4. The molecule has 0 aliphatic carbocycles. The molecule has 0 saturated carbocycles. The molecular weight excluding hydrogens is 372 g/mol. The SMILES string of the molecule is COc1cc(/C=N\NC(=O)COc2ccccc2OC)ccc1OCCC(C)C. The number of amides is 1. The lowest BCUT2D eigenvalue weighted by Crippen LogP contribution is -2.24. The van der Waals surface area contributed by atoms with Gasteiger partial charge in [0.05, 0.1) is 27.0 Å². The van der Waals surface area contributed by atoms with E-state index in [1.54, 1.807) is 38.5 Å². The quantitative estimate of drug-likeness (QED) is 0.460. The molecule has 2 aromatic carbocycles. The van der Waals surface area contributed by atoms with Gasteiger partial charge in [-0.05, 0) is 48.2 Å². The van der Waals surface area contributed by atoms with E-state index < -0.39 is 0 Å². The second-order valence-electron chi connectivity index (χ2n) is 6.67. The summed E-state index contributed by atoms with van der Waals surface area (Å²) in [5.74, 6) is 2.54. The van der Waals surface area contributed by atoms with Gasteiger partial charge in [-0.15, -0.1) is 0 Å². The van der Waals surface area contributed by atoms with Crippen molar-refractivity contribution in [3.05, 3.63) is 48.0 Å². The van der Waals surface area contributed by atoms with Crippen molar-refractivity contribution < 1.29 is 23.7 Å². The molecule has 7 nitrogen and oxygen atoms in total. The summed E-state index contributed by atoms with van der Waals surface area (Å²) < 4.78 is 21.8. The Bertz CT molecular complexity index is 821. The summed E-state index contributed by atoms with van der Waals surface area (Å²) in [5, 5.41) is 3.95. The molecule has 2 rings (SSSR count). The molecule has 0 radical (unpaired) electrons. The Morgan fingerprint density at radius 3 is 2.38 bits per heavy atom. The maximum absolute atomic E-state index is 11.9. The van der Waals surface area contributed by atoms with E-state index >= 15 is 0 Å². The molecule has 1 N–H and O–H groups in total. The number of hydrogen-bond donors (Lipinski definition) is 1. The number of carbonyl (C=O) groups excluding carboxylic acids is 1. The molecule has 0 unspecified atom stereocenters. The molecular formula is C22H28N2O5. The summed E-state index contributed by atoms with van der Waals surface area (Å²) in [5.41, 5.74) is 3.20. The molecule has 0 aliphatic heterocycles. The molecule has 156 valence electrons. The number of benzene rings is 2. The van der Waals surface area contributed by atoms with Crippen LogP contribution in [0.25, 0.3) is 0 Å². The van der Waals surface area contributed by atoms with Gasteiger partial charge in [0.15, 0.2) is 29.6 Å². The van der Waals surface area contributed by atoms with Crippen LogP contribution in [0.15, 0.2) is 47.6 Å². The van der Waals surface area contributed by atoms with E-state index in [0.717, 1.165) is 12.0 Å². The second-order valence-corrected chi connectivity index (χ2v) is 6.67. The van der Waals surface area contributed by atoms with E-state index in [1.807, 2.05) is 18.2 Å². The van der Waals surface area contributed by atoms with E-state index in [0.29, 0.717) is 35.5 Å². The first-order valence-electron chi connectivity index (χ1n) is 9.42. The normalized spacial score (nSPS) is 10.8. The Labute approximate surface area is 171 Å². The minimum atomic E-state index is -0.382. The van der Waals surface area contributed by atoms with Gasteiger partial charge in [0, 0.05) is 0 Å². The van der Waals surface area contributed by atoms with Gasteiger partial charge in [0.2, 0.25) is 0 Å². The van der Waals surface area contributed by atoms with Crippen LogP contribution in [0.3, 0.4) is 0 Å². The molecule has 29 heavy (non-hydrogen) atoms. The number of carbonyl (C=O) groups is 1. The summed E-state index contributed by atoms with van der Waals surface area (Å²) in [6.45, 7) is 4.75. The molecule has 2 aromatic rings. The maximum atomic E-state index is 11.9. The minimum absolute atomic E-state index is 0.177. The highest BCUT2D eigenvalue weighted by molar-refractivity contribution is 5.83. The predicted octanol–water partition coefficient (Wildman–Crippen LogP) is 3.66. The van der Waals surface area contributed by atoms with Gasteiger partial charge in [0.25, 0.3) is 5.91 Å². The fraction of sp³-hybridized carbons (Fsp3) is 0.364. The van der Waals surface area contributed by atoms with Crippen molar-refractivity contribution in [2.24, 2.45) is 11.0 Å². The Morgan fingerprint density at radius 1 is 1.00 bits per heavy atom.